The lowest BCUT2D eigenvalue weighted by molar-refractivity contribution is -0.216. The number of carbonyl (C=O) groups excluding carboxylic acids is 1. The van der Waals surface area contributed by atoms with Crippen LogP contribution in [-0.4, -0.2) is 16.2 Å². The molecule has 0 spiro atoms. The van der Waals surface area contributed by atoms with Crippen molar-refractivity contribution in [2.24, 2.45) is 0 Å². The van der Waals surface area contributed by atoms with Crippen molar-refractivity contribution in [1.82, 2.24) is 5.06 Å². The molecule has 184 valence electrons. The predicted octanol–water partition coefficient (Wildman–Crippen LogP) is 7.55. The van der Waals surface area contributed by atoms with Crippen LogP contribution in [0.25, 0.3) is 12.2 Å². The van der Waals surface area contributed by atoms with Gasteiger partial charge in [-0.3, -0.25) is 4.79 Å². The van der Waals surface area contributed by atoms with Crippen LogP contribution in [0.2, 0.25) is 0 Å². The smallest absolute Gasteiger partial charge is 0.308 e. The lowest BCUT2D eigenvalue weighted by Crippen LogP contribution is -2.42. The third-order valence-electron chi connectivity index (χ3n) is 6.86. The van der Waals surface area contributed by atoms with E-state index in [1.54, 1.807) is 0 Å². The van der Waals surface area contributed by atoms with Crippen LogP contribution < -0.4 is 4.74 Å². The maximum Gasteiger partial charge on any atom is 0.308 e. The Bertz CT molecular complexity index is 1110. The fourth-order valence-corrected chi connectivity index (χ4v) is 4.94. The topological polar surface area (TPSA) is 49.8 Å². The first-order valence-electron chi connectivity index (χ1n) is 12.1. The van der Waals surface area contributed by atoms with Crippen LogP contribution in [-0.2, 0) is 26.7 Å². The Morgan fingerprint density at radius 2 is 1.29 bits per heavy atom. The first-order valence-corrected chi connectivity index (χ1v) is 12.1. The zero-order chi connectivity index (χ0) is 25.9. The number of rotatable bonds is 3. The molecule has 0 aliphatic carbocycles. The van der Waals surface area contributed by atoms with E-state index in [-0.39, 0.29) is 16.8 Å². The molecule has 1 N–H and O–H groups in total. The summed E-state index contributed by atoms with van der Waals surface area (Å²) in [5.74, 6) is 0.370. The van der Waals surface area contributed by atoms with Crippen LogP contribution in [0.3, 0.4) is 0 Å². The summed E-state index contributed by atoms with van der Waals surface area (Å²) >= 11 is 0. The van der Waals surface area contributed by atoms with Crippen molar-refractivity contribution >= 4 is 18.1 Å². The van der Waals surface area contributed by atoms with Gasteiger partial charge in [-0.25, -0.2) is 0 Å². The molecule has 0 radical (unpaired) electrons. The molecular formula is C30H41NO3. The third kappa shape index (κ3) is 4.71. The molecule has 1 heterocycles. The fourth-order valence-electron chi connectivity index (χ4n) is 4.94. The van der Waals surface area contributed by atoms with Gasteiger partial charge in [-0.15, -0.1) is 0 Å². The highest BCUT2D eigenvalue weighted by Gasteiger charge is 2.48. The van der Waals surface area contributed by atoms with Crippen molar-refractivity contribution in [2.45, 2.75) is 98.1 Å². The Balaban J connectivity index is 2.12. The van der Waals surface area contributed by atoms with Crippen molar-refractivity contribution in [2.75, 3.05) is 0 Å². The molecule has 0 fully saturated rings. The van der Waals surface area contributed by atoms with Crippen LogP contribution >= 0.6 is 0 Å². The fraction of sp³-hybridized carbons (Fsp3) is 0.500. The Morgan fingerprint density at radius 1 is 0.824 bits per heavy atom. The number of hydroxylamine groups is 2. The molecule has 2 aromatic rings. The van der Waals surface area contributed by atoms with E-state index in [2.05, 4.69) is 84.0 Å². The number of esters is 1. The normalized spacial score (nSPS) is 17.8. The Morgan fingerprint density at radius 3 is 1.76 bits per heavy atom. The zero-order valence-corrected chi connectivity index (χ0v) is 22.8. The number of carbonyl (C=O) groups is 1. The molecule has 4 heteroatoms. The van der Waals surface area contributed by atoms with E-state index in [9.17, 15) is 10.0 Å². The van der Waals surface area contributed by atoms with Gasteiger partial charge in [0.1, 0.15) is 5.75 Å². The second-order valence-corrected chi connectivity index (χ2v) is 12.6. The molecule has 1 aliphatic rings. The van der Waals surface area contributed by atoms with Gasteiger partial charge in [0, 0.05) is 18.1 Å². The SMILES string of the molecule is CC(=O)Oc1c(C(C)(C)C)cc(/C=C/c2ccc3c(c2)C(C)(C)N(O)C3(C)C)cc1C(C)(C)C. The maximum absolute atomic E-state index is 11.9. The third-order valence-corrected chi connectivity index (χ3v) is 6.86. The van der Waals surface area contributed by atoms with E-state index in [1.807, 2.05) is 27.7 Å². The Kier molecular flexibility index (Phi) is 6.43. The highest BCUT2D eigenvalue weighted by molar-refractivity contribution is 5.75. The van der Waals surface area contributed by atoms with Crippen molar-refractivity contribution < 1.29 is 14.7 Å². The summed E-state index contributed by atoms with van der Waals surface area (Å²) in [6.07, 6.45) is 4.23. The monoisotopic (exact) mass is 463 g/mol. The Labute approximate surface area is 205 Å². The molecule has 1 aliphatic heterocycles. The van der Waals surface area contributed by atoms with Crippen LogP contribution in [0.15, 0.2) is 30.3 Å². The van der Waals surface area contributed by atoms with E-state index in [1.165, 1.54) is 12.0 Å². The molecule has 0 saturated heterocycles. The van der Waals surface area contributed by atoms with Gasteiger partial charge in [-0.2, -0.15) is 5.06 Å². The van der Waals surface area contributed by atoms with E-state index >= 15 is 0 Å². The van der Waals surface area contributed by atoms with Crippen LogP contribution in [0.4, 0.5) is 0 Å². The standard InChI is InChI=1S/C30H41NO3/c1-19(32)34-26-24(27(2,3)4)17-21(18-25(26)28(5,6)7)13-12-20-14-15-22-23(16-20)30(10,11)31(33)29(22,8)9/h12-18,33H,1-11H3/b13-12+. The summed E-state index contributed by atoms with van der Waals surface area (Å²) in [4.78, 5) is 11.9. The molecule has 0 atom stereocenters. The van der Waals surface area contributed by atoms with E-state index in [4.69, 9.17) is 4.74 Å². The second kappa shape index (κ2) is 8.35. The highest BCUT2D eigenvalue weighted by atomic mass is 16.5. The van der Waals surface area contributed by atoms with E-state index < -0.39 is 11.1 Å². The average molecular weight is 464 g/mol. The summed E-state index contributed by atoms with van der Waals surface area (Å²) in [6.45, 7) is 22.5. The van der Waals surface area contributed by atoms with Crippen LogP contribution in [0.5, 0.6) is 5.75 Å². The van der Waals surface area contributed by atoms with Crippen LogP contribution in [0, 0.1) is 0 Å². The predicted molar refractivity (Wildman–Crippen MR) is 140 cm³/mol. The molecule has 4 nitrogen and oxygen atoms in total. The summed E-state index contributed by atoms with van der Waals surface area (Å²) in [5, 5.41) is 12.2. The van der Waals surface area contributed by atoms with Gasteiger partial charge < -0.3 is 9.94 Å². The number of hydrogen-bond donors (Lipinski definition) is 1. The number of nitrogens with zero attached hydrogens (tertiary/aromatic N) is 1. The first-order chi connectivity index (χ1) is 15.4. The van der Waals surface area contributed by atoms with Crippen LogP contribution in [0.1, 0.15) is 110 Å². The van der Waals surface area contributed by atoms with Gasteiger partial charge in [0.15, 0.2) is 0 Å². The van der Waals surface area contributed by atoms with Gasteiger partial charge >= 0.3 is 5.97 Å². The maximum atomic E-state index is 11.9. The molecule has 0 bridgehead atoms. The van der Waals surface area contributed by atoms with E-state index in [0.29, 0.717) is 5.75 Å². The van der Waals surface area contributed by atoms with Crippen molar-refractivity contribution in [1.29, 1.82) is 0 Å². The minimum atomic E-state index is -0.465. The molecule has 0 amide bonds. The minimum Gasteiger partial charge on any atom is -0.426 e. The lowest BCUT2D eigenvalue weighted by atomic mass is 9.78. The van der Waals surface area contributed by atoms with Gasteiger partial charge in [-0.05, 0) is 79.0 Å². The summed E-state index contributed by atoms with van der Waals surface area (Å²) < 4.78 is 5.76. The molecule has 0 saturated carbocycles. The van der Waals surface area contributed by atoms with Gasteiger partial charge in [0.05, 0.1) is 11.1 Å². The van der Waals surface area contributed by atoms with Gasteiger partial charge in [0.25, 0.3) is 0 Å². The molecular weight excluding hydrogens is 422 g/mol. The van der Waals surface area contributed by atoms with Gasteiger partial charge in [0.2, 0.25) is 0 Å². The quantitative estimate of drug-likeness (QED) is 0.290. The average Bonchev–Trinajstić information content (AvgIpc) is 2.82. The molecule has 0 unspecified atom stereocenters. The number of ether oxygens (including phenoxy) is 1. The summed E-state index contributed by atoms with van der Waals surface area (Å²) in [6, 6.07) is 10.7. The van der Waals surface area contributed by atoms with Gasteiger partial charge in [-0.1, -0.05) is 65.8 Å². The molecule has 2 aromatic carbocycles. The zero-order valence-electron chi connectivity index (χ0n) is 22.8. The lowest BCUT2D eigenvalue weighted by Gasteiger charge is -2.34. The molecule has 0 aromatic heterocycles. The first kappa shape index (κ1) is 26.2. The van der Waals surface area contributed by atoms with Crippen molar-refractivity contribution in [3.63, 3.8) is 0 Å². The summed E-state index contributed by atoms with van der Waals surface area (Å²) in [7, 11) is 0. The van der Waals surface area contributed by atoms with Crippen molar-refractivity contribution in [3.05, 3.63) is 63.7 Å². The number of benzene rings is 2. The summed E-state index contributed by atoms with van der Waals surface area (Å²) in [5.41, 5.74) is 5.18. The van der Waals surface area contributed by atoms with Crippen molar-refractivity contribution in [3.8, 4) is 5.75 Å². The highest BCUT2D eigenvalue weighted by Crippen LogP contribution is 2.48. The molecule has 3 rings (SSSR count). The second-order valence-electron chi connectivity index (χ2n) is 12.6. The largest absolute Gasteiger partial charge is 0.426 e. The minimum absolute atomic E-state index is 0.192. The molecule has 34 heavy (non-hydrogen) atoms. The number of hydrogen-bond acceptors (Lipinski definition) is 4. The van der Waals surface area contributed by atoms with E-state index in [0.717, 1.165) is 33.4 Å². The number of fused-ring (bicyclic) bond motifs is 1. The Hall–Kier alpha value is -2.43.